The van der Waals surface area contributed by atoms with Gasteiger partial charge in [0.2, 0.25) is 0 Å². The summed E-state index contributed by atoms with van der Waals surface area (Å²) >= 11 is 0. The van der Waals surface area contributed by atoms with Gasteiger partial charge in [0, 0.05) is 24.3 Å². The van der Waals surface area contributed by atoms with Gasteiger partial charge < -0.3 is 15.6 Å². The van der Waals surface area contributed by atoms with Crippen LogP contribution in [0.15, 0.2) is 36.5 Å². The lowest BCUT2D eigenvalue weighted by Gasteiger charge is -2.31. The molecule has 1 aromatic heterocycles. The van der Waals surface area contributed by atoms with Gasteiger partial charge in [0.25, 0.3) is 0 Å². The zero-order valence-corrected chi connectivity index (χ0v) is 12.8. The van der Waals surface area contributed by atoms with E-state index in [1.54, 1.807) is 0 Å². The summed E-state index contributed by atoms with van der Waals surface area (Å²) in [5.74, 6) is 0.686. The van der Waals surface area contributed by atoms with Gasteiger partial charge in [-0.25, -0.2) is 0 Å². The SMILES string of the molecule is NCC1CCCCC1NCCCn1ccc2ccccc21. The van der Waals surface area contributed by atoms with Crippen molar-refractivity contribution in [3.63, 3.8) is 0 Å². The van der Waals surface area contributed by atoms with Crippen LogP contribution in [0.4, 0.5) is 0 Å². The number of hydrogen-bond donors (Lipinski definition) is 2. The van der Waals surface area contributed by atoms with Crippen LogP contribution >= 0.6 is 0 Å². The van der Waals surface area contributed by atoms with Crippen LogP contribution in [0.5, 0.6) is 0 Å². The summed E-state index contributed by atoms with van der Waals surface area (Å²) in [4.78, 5) is 0. The van der Waals surface area contributed by atoms with Gasteiger partial charge in [-0.2, -0.15) is 0 Å². The number of nitrogens with zero attached hydrogens (tertiary/aromatic N) is 1. The molecule has 0 amide bonds. The predicted octanol–water partition coefficient (Wildman–Crippen LogP) is 3.14. The van der Waals surface area contributed by atoms with Gasteiger partial charge in [-0.1, -0.05) is 31.0 Å². The molecular weight excluding hydrogens is 258 g/mol. The van der Waals surface area contributed by atoms with Crippen molar-refractivity contribution >= 4 is 10.9 Å². The first kappa shape index (κ1) is 14.6. The van der Waals surface area contributed by atoms with Crippen LogP contribution in [-0.4, -0.2) is 23.7 Å². The first-order valence-electron chi connectivity index (χ1n) is 8.36. The Kier molecular flexibility index (Phi) is 4.94. The van der Waals surface area contributed by atoms with Crippen LogP contribution in [0.3, 0.4) is 0 Å². The third kappa shape index (κ3) is 3.47. The summed E-state index contributed by atoms with van der Waals surface area (Å²) in [6.45, 7) is 3.01. The summed E-state index contributed by atoms with van der Waals surface area (Å²) in [6.07, 6.45) is 8.69. The molecule has 0 bridgehead atoms. The second-order valence-corrected chi connectivity index (χ2v) is 6.26. The van der Waals surface area contributed by atoms with Gasteiger partial charge in [-0.15, -0.1) is 0 Å². The monoisotopic (exact) mass is 285 g/mol. The molecule has 1 heterocycles. The Hall–Kier alpha value is -1.32. The molecular formula is C18H27N3. The van der Waals surface area contributed by atoms with Crippen molar-refractivity contribution < 1.29 is 0 Å². The molecule has 3 N–H and O–H groups in total. The third-order valence-electron chi connectivity index (χ3n) is 4.87. The zero-order chi connectivity index (χ0) is 14.5. The van der Waals surface area contributed by atoms with Gasteiger partial charge in [0.05, 0.1) is 0 Å². The highest BCUT2D eigenvalue weighted by Crippen LogP contribution is 2.23. The standard InChI is InChI=1S/C18H27N3/c19-14-16-7-1-3-8-17(16)20-11-5-12-21-13-10-15-6-2-4-9-18(15)21/h2,4,6,9-10,13,16-17,20H,1,3,5,7-8,11-12,14,19H2. The second-order valence-electron chi connectivity index (χ2n) is 6.26. The lowest BCUT2D eigenvalue weighted by atomic mass is 9.84. The molecule has 21 heavy (non-hydrogen) atoms. The van der Waals surface area contributed by atoms with E-state index in [1.165, 1.54) is 43.0 Å². The normalized spacial score (nSPS) is 22.7. The molecule has 3 nitrogen and oxygen atoms in total. The topological polar surface area (TPSA) is 43.0 Å². The summed E-state index contributed by atoms with van der Waals surface area (Å²) < 4.78 is 2.36. The maximum absolute atomic E-state index is 5.89. The lowest BCUT2D eigenvalue weighted by molar-refractivity contribution is 0.267. The molecule has 1 aromatic carbocycles. The summed E-state index contributed by atoms with van der Waals surface area (Å²) in [5, 5.41) is 5.07. The van der Waals surface area contributed by atoms with E-state index in [1.807, 2.05) is 0 Å². The number of benzene rings is 1. The van der Waals surface area contributed by atoms with Crippen molar-refractivity contribution in [1.29, 1.82) is 0 Å². The number of para-hydroxylation sites is 1. The Bertz CT molecular complexity index is 560. The molecule has 114 valence electrons. The van der Waals surface area contributed by atoms with E-state index in [4.69, 9.17) is 5.73 Å². The third-order valence-corrected chi connectivity index (χ3v) is 4.87. The largest absolute Gasteiger partial charge is 0.347 e. The highest BCUT2D eigenvalue weighted by Gasteiger charge is 2.22. The summed E-state index contributed by atoms with van der Waals surface area (Å²) in [7, 11) is 0. The van der Waals surface area contributed by atoms with E-state index in [0.717, 1.165) is 19.6 Å². The smallest absolute Gasteiger partial charge is 0.0480 e. The average molecular weight is 285 g/mol. The van der Waals surface area contributed by atoms with E-state index in [0.29, 0.717) is 12.0 Å². The zero-order valence-electron chi connectivity index (χ0n) is 12.8. The molecule has 2 aromatic rings. The van der Waals surface area contributed by atoms with Gasteiger partial charge >= 0.3 is 0 Å². The van der Waals surface area contributed by atoms with Crippen molar-refractivity contribution in [1.82, 2.24) is 9.88 Å². The Morgan fingerprint density at radius 1 is 1.14 bits per heavy atom. The minimum Gasteiger partial charge on any atom is -0.347 e. The minimum absolute atomic E-state index is 0.644. The molecule has 2 atom stereocenters. The Labute approximate surface area is 127 Å². The number of hydrogen-bond acceptors (Lipinski definition) is 2. The number of nitrogens with two attached hydrogens (primary N) is 1. The molecule has 1 fully saturated rings. The molecule has 3 rings (SSSR count). The molecule has 0 aliphatic heterocycles. The highest BCUT2D eigenvalue weighted by atomic mass is 15.0. The minimum atomic E-state index is 0.644. The van der Waals surface area contributed by atoms with Gasteiger partial charge in [0.1, 0.15) is 0 Å². The fourth-order valence-electron chi connectivity index (χ4n) is 3.63. The van der Waals surface area contributed by atoms with Crippen molar-refractivity contribution in [2.75, 3.05) is 13.1 Å². The average Bonchev–Trinajstić information content (AvgIpc) is 2.95. The predicted molar refractivity (Wildman–Crippen MR) is 89.4 cm³/mol. The second kappa shape index (κ2) is 7.10. The summed E-state index contributed by atoms with van der Waals surface area (Å²) in [5.41, 5.74) is 7.24. The quantitative estimate of drug-likeness (QED) is 0.801. The van der Waals surface area contributed by atoms with Gasteiger partial charge in [0.15, 0.2) is 0 Å². The van der Waals surface area contributed by atoms with Crippen molar-refractivity contribution in [2.45, 2.75) is 44.7 Å². The maximum Gasteiger partial charge on any atom is 0.0480 e. The molecule has 1 aliphatic rings. The maximum atomic E-state index is 5.89. The number of nitrogens with one attached hydrogen (secondary N) is 1. The van der Waals surface area contributed by atoms with E-state index < -0.39 is 0 Å². The number of aromatic nitrogens is 1. The van der Waals surface area contributed by atoms with Crippen LogP contribution < -0.4 is 11.1 Å². The fourth-order valence-corrected chi connectivity index (χ4v) is 3.63. The van der Waals surface area contributed by atoms with Crippen LogP contribution in [0, 0.1) is 5.92 Å². The Morgan fingerprint density at radius 2 is 2.00 bits per heavy atom. The fraction of sp³-hybridized carbons (Fsp3) is 0.556. The van der Waals surface area contributed by atoms with Crippen LogP contribution in [0.2, 0.25) is 0 Å². The Morgan fingerprint density at radius 3 is 2.90 bits per heavy atom. The molecule has 3 heteroatoms. The van der Waals surface area contributed by atoms with Gasteiger partial charge in [-0.05, 0) is 55.8 Å². The van der Waals surface area contributed by atoms with Gasteiger partial charge in [-0.3, -0.25) is 0 Å². The van der Waals surface area contributed by atoms with Crippen molar-refractivity contribution in [3.05, 3.63) is 36.5 Å². The molecule has 1 saturated carbocycles. The van der Waals surface area contributed by atoms with Crippen molar-refractivity contribution in [3.8, 4) is 0 Å². The van der Waals surface area contributed by atoms with E-state index in [-0.39, 0.29) is 0 Å². The first-order valence-corrected chi connectivity index (χ1v) is 8.36. The lowest BCUT2D eigenvalue weighted by Crippen LogP contribution is -2.42. The molecule has 1 aliphatic carbocycles. The number of aryl methyl sites for hydroxylation is 1. The number of rotatable bonds is 6. The highest BCUT2D eigenvalue weighted by molar-refractivity contribution is 5.79. The van der Waals surface area contributed by atoms with Crippen LogP contribution in [0.25, 0.3) is 10.9 Å². The molecule has 0 spiro atoms. The molecule has 2 unspecified atom stereocenters. The van der Waals surface area contributed by atoms with Crippen molar-refractivity contribution in [2.24, 2.45) is 11.7 Å². The van der Waals surface area contributed by atoms with E-state index in [2.05, 4.69) is 46.4 Å². The van der Waals surface area contributed by atoms with Crippen LogP contribution in [0.1, 0.15) is 32.1 Å². The van der Waals surface area contributed by atoms with E-state index in [9.17, 15) is 0 Å². The Balaban J connectivity index is 1.48. The first-order chi connectivity index (χ1) is 10.4. The molecule has 0 saturated heterocycles. The molecule has 0 radical (unpaired) electrons. The summed E-state index contributed by atoms with van der Waals surface area (Å²) in [6, 6.07) is 11.4. The number of fused-ring (bicyclic) bond motifs is 1. The van der Waals surface area contributed by atoms with Crippen LogP contribution in [-0.2, 0) is 6.54 Å². The van der Waals surface area contributed by atoms with E-state index >= 15 is 0 Å².